The lowest BCUT2D eigenvalue weighted by molar-refractivity contribution is -0.0266. The van der Waals surface area contributed by atoms with Crippen LogP contribution in [0.1, 0.15) is 68.2 Å². The van der Waals surface area contributed by atoms with E-state index in [9.17, 15) is 20.1 Å². The number of carbonyl (C=O) groups is 1. The highest BCUT2D eigenvalue weighted by Gasteiger charge is 2.33. The van der Waals surface area contributed by atoms with Crippen LogP contribution >= 0.6 is 0 Å². The second-order valence-corrected chi connectivity index (χ2v) is 10.7. The number of aliphatic hydroxyl groups excluding tert-OH is 3. The number of primary amides is 1. The second-order valence-electron chi connectivity index (χ2n) is 10.7. The molecule has 0 aliphatic heterocycles. The highest BCUT2D eigenvalue weighted by Crippen LogP contribution is 2.29. The summed E-state index contributed by atoms with van der Waals surface area (Å²) >= 11 is 0. The lowest BCUT2D eigenvalue weighted by Gasteiger charge is -2.33. The van der Waals surface area contributed by atoms with Crippen molar-refractivity contribution in [2.45, 2.75) is 92.6 Å². The summed E-state index contributed by atoms with van der Waals surface area (Å²) in [6.07, 6.45) is 9.11. The average Bonchev–Trinajstić information content (AvgIpc) is 2.76. The molecule has 0 spiro atoms. The predicted octanol–water partition coefficient (Wildman–Crippen LogP) is 5.39. The van der Waals surface area contributed by atoms with Gasteiger partial charge in [-0.05, 0) is 31.6 Å². The summed E-state index contributed by atoms with van der Waals surface area (Å²) in [5.74, 6) is -0.352. The molecule has 0 bridgehead atoms. The van der Waals surface area contributed by atoms with Crippen LogP contribution < -0.4 is 5.73 Å². The Morgan fingerprint density at radius 2 is 1.51 bits per heavy atom. The third-order valence-corrected chi connectivity index (χ3v) is 6.58. The molecular weight excluding hydrogens is 442 g/mol. The maximum absolute atomic E-state index is 11.5. The number of ether oxygens (including phenoxy) is 1. The van der Waals surface area contributed by atoms with Crippen LogP contribution in [0.4, 0.5) is 4.79 Å². The molecule has 0 rings (SSSR count). The molecule has 0 fully saturated rings. The van der Waals surface area contributed by atoms with E-state index >= 15 is 0 Å². The van der Waals surface area contributed by atoms with E-state index in [1.54, 1.807) is 18.2 Å². The maximum Gasteiger partial charge on any atom is 0.404 e. The number of amides is 1. The molecule has 0 aliphatic carbocycles. The van der Waals surface area contributed by atoms with Gasteiger partial charge in [-0.2, -0.15) is 0 Å². The molecule has 5 unspecified atom stereocenters. The van der Waals surface area contributed by atoms with Gasteiger partial charge in [-0.1, -0.05) is 97.1 Å². The smallest absolute Gasteiger partial charge is 0.404 e. The fraction of sp³-hybridized carbons (Fsp3) is 0.690. The lowest BCUT2D eigenvalue weighted by atomic mass is 9.81. The summed E-state index contributed by atoms with van der Waals surface area (Å²) in [6, 6.07) is 0. The van der Waals surface area contributed by atoms with Crippen LogP contribution in [-0.4, -0.2) is 45.8 Å². The van der Waals surface area contributed by atoms with Gasteiger partial charge in [-0.25, -0.2) is 4.79 Å². The van der Waals surface area contributed by atoms with Gasteiger partial charge in [0, 0.05) is 23.7 Å². The molecule has 202 valence electrons. The van der Waals surface area contributed by atoms with Gasteiger partial charge in [0.15, 0.2) is 0 Å². The minimum Gasteiger partial charge on any atom is -0.445 e. The molecule has 1 amide bonds. The molecule has 0 aromatic rings. The fourth-order valence-corrected chi connectivity index (χ4v) is 4.61. The van der Waals surface area contributed by atoms with Crippen molar-refractivity contribution in [1.82, 2.24) is 0 Å². The van der Waals surface area contributed by atoms with Crippen LogP contribution in [-0.2, 0) is 4.74 Å². The van der Waals surface area contributed by atoms with Gasteiger partial charge in [0.2, 0.25) is 0 Å². The number of carbonyl (C=O) groups excluding carboxylic acids is 1. The second kappa shape index (κ2) is 16.7. The van der Waals surface area contributed by atoms with E-state index in [1.165, 1.54) is 0 Å². The van der Waals surface area contributed by atoms with Crippen molar-refractivity contribution < 1.29 is 24.9 Å². The molecule has 0 aromatic heterocycles. The van der Waals surface area contributed by atoms with Gasteiger partial charge in [0.1, 0.15) is 6.10 Å². The molecule has 0 aromatic carbocycles. The van der Waals surface area contributed by atoms with Crippen molar-refractivity contribution >= 4 is 6.09 Å². The summed E-state index contributed by atoms with van der Waals surface area (Å²) in [4.78, 5) is 11.5. The minimum atomic E-state index is -0.862. The van der Waals surface area contributed by atoms with E-state index in [0.29, 0.717) is 18.8 Å². The van der Waals surface area contributed by atoms with Gasteiger partial charge in [-0.15, -0.1) is 0 Å². The zero-order chi connectivity index (χ0) is 27.3. The number of allylic oxidation sites excluding steroid dienone is 3. The topological polar surface area (TPSA) is 113 Å². The molecule has 0 radical (unpaired) electrons. The van der Waals surface area contributed by atoms with E-state index in [-0.39, 0.29) is 29.6 Å². The number of nitrogens with two attached hydrogens (primary N) is 1. The van der Waals surface area contributed by atoms with Crippen LogP contribution in [0.3, 0.4) is 0 Å². The van der Waals surface area contributed by atoms with E-state index in [2.05, 4.69) is 20.4 Å². The first-order chi connectivity index (χ1) is 16.2. The van der Waals surface area contributed by atoms with Crippen LogP contribution in [0.25, 0.3) is 0 Å². The molecule has 0 aliphatic rings. The first-order valence-electron chi connectivity index (χ1n) is 12.9. The molecule has 0 heterocycles. The quantitative estimate of drug-likeness (QED) is 0.170. The van der Waals surface area contributed by atoms with Gasteiger partial charge in [-0.3, -0.25) is 0 Å². The average molecular weight is 494 g/mol. The van der Waals surface area contributed by atoms with Crippen LogP contribution in [0.2, 0.25) is 0 Å². The Balaban J connectivity index is 5.18. The maximum atomic E-state index is 11.5. The Kier molecular flexibility index (Phi) is 15.8. The van der Waals surface area contributed by atoms with Gasteiger partial charge in [0.25, 0.3) is 0 Å². The van der Waals surface area contributed by atoms with Crippen LogP contribution in [0.5, 0.6) is 0 Å². The lowest BCUT2D eigenvalue weighted by Crippen LogP contribution is -2.41. The Labute approximate surface area is 213 Å². The first kappa shape index (κ1) is 33.1. The largest absolute Gasteiger partial charge is 0.445 e. The molecule has 0 saturated carbocycles. The number of aliphatic hydroxyl groups is 3. The van der Waals surface area contributed by atoms with Crippen molar-refractivity contribution in [3.05, 3.63) is 48.6 Å². The Morgan fingerprint density at radius 1 is 0.914 bits per heavy atom. The van der Waals surface area contributed by atoms with E-state index in [0.717, 1.165) is 5.57 Å². The van der Waals surface area contributed by atoms with Gasteiger partial charge < -0.3 is 25.8 Å². The first-order valence-corrected chi connectivity index (χ1v) is 12.9. The standard InChI is InChI=1S/C29H51NO5/c1-10-11-12-21(6)28(35-29(30)34)24(9)27(33)23(8)17-19(4)16-22(7)26(32)20(5)13-14-25(31)15-18(2)3/h10-14,16,18,20-28,31-33H,1,15,17H2,2-9H3,(H2,30,34)/b12-11-,14-13-,19-16-/t20-,21-,22-,23?,24?,25?,26-,27?,28?/m0/s1. The Bertz CT molecular complexity index is 714. The zero-order valence-corrected chi connectivity index (χ0v) is 23.1. The molecule has 0 saturated heterocycles. The SMILES string of the molecule is C=C/C=C\[C@H](C)C(OC(N)=O)C(C)C(O)C(C)C/C(C)=C\[C@H](C)[C@@H](O)[C@@H](C)/C=C\C(O)CC(C)C. The third kappa shape index (κ3) is 13.1. The summed E-state index contributed by atoms with van der Waals surface area (Å²) in [6.45, 7) is 19.4. The molecule has 6 nitrogen and oxygen atoms in total. The summed E-state index contributed by atoms with van der Waals surface area (Å²) < 4.78 is 5.35. The Hall–Kier alpha value is -1.89. The summed E-state index contributed by atoms with van der Waals surface area (Å²) in [7, 11) is 0. The fourth-order valence-electron chi connectivity index (χ4n) is 4.61. The van der Waals surface area contributed by atoms with Crippen molar-refractivity contribution in [3.8, 4) is 0 Å². The number of hydrogen-bond donors (Lipinski definition) is 4. The van der Waals surface area contributed by atoms with Crippen molar-refractivity contribution in [2.75, 3.05) is 0 Å². The molecule has 35 heavy (non-hydrogen) atoms. The van der Waals surface area contributed by atoms with E-state index in [4.69, 9.17) is 10.5 Å². The van der Waals surface area contributed by atoms with E-state index in [1.807, 2.05) is 59.8 Å². The van der Waals surface area contributed by atoms with E-state index < -0.39 is 30.5 Å². The van der Waals surface area contributed by atoms with Crippen molar-refractivity contribution in [1.29, 1.82) is 0 Å². The minimum absolute atomic E-state index is 0.0892. The molecular formula is C29H51NO5. The summed E-state index contributed by atoms with van der Waals surface area (Å²) in [5, 5.41) is 31.8. The van der Waals surface area contributed by atoms with Gasteiger partial charge >= 0.3 is 6.09 Å². The summed E-state index contributed by atoms with van der Waals surface area (Å²) in [5.41, 5.74) is 6.35. The van der Waals surface area contributed by atoms with Crippen LogP contribution in [0, 0.1) is 35.5 Å². The molecule has 9 atom stereocenters. The molecule has 5 N–H and O–H groups in total. The Morgan fingerprint density at radius 3 is 2.03 bits per heavy atom. The highest BCUT2D eigenvalue weighted by molar-refractivity contribution is 5.64. The van der Waals surface area contributed by atoms with Gasteiger partial charge in [0.05, 0.1) is 18.3 Å². The van der Waals surface area contributed by atoms with Crippen LogP contribution in [0.15, 0.2) is 48.6 Å². The monoisotopic (exact) mass is 493 g/mol. The van der Waals surface area contributed by atoms with Crippen molar-refractivity contribution in [3.63, 3.8) is 0 Å². The number of hydrogen-bond acceptors (Lipinski definition) is 5. The van der Waals surface area contributed by atoms with Crippen molar-refractivity contribution in [2.24, 2.45) is 41.2 Å². The third-order valence-electron chi connectivity index (χ3n) is 6.58. The zero-order valence-electron chi connectivity index (χ0n) is 23.1. The number of rotatable bonds is 16. The molecule has 6 heteroatoms. The highest BCUT2D eigenvalue weighted by atomic mass is 16.6. The normalized spacial score (nSPS) is 20.7. The predicted molar refractivity (Wildman–Crippen MR) is 145 cm³/mol.